The van der Waals surface area contributed by atoms with E-state index in [0.29, 0.717) is 0 Å². The molecule has 0 spiro atoms. The molecule has 0 saturated heterocycles. The van der Waals surface area contributed by atoms with Crippen LogP contribution in [0.1, 0.15) is 20.8 Å². The van der Waals surface area contributed by atoms with Crippen molar-refractivity contribution in [1.82, 2.24) is 9.55 Å². The summed E-state index contributed by atoms with van der Waals surface area (Å²) in [5, 5.41) is 10.5. The van der Waals surface area contributed by atoms with E-state index >= 15 is 0 Å². The second kappa shape index (κ2) is 2.58. The largest absolute Gasteiger partial charge is 0.358 e. The molecule has 66 valence electrons. The highest BCUT2D eigenvalue weighted by Gasteiger charge is 2.24. The summed E-state index contributed by atoms with van der Waals surface area (Å²) in [6.45, 7) is 5.67. The smallest absolute Gasteiger partial charge is 0.343 e. The van der Waals surface area contributed by atoms with E-state index in [1.54, 1.807) is 0 Å². The lowest BCUT2D eigenvalue weighted by Crippen LogP contribution is -2.22. The van der Waals surface area contributed by atoms with Gasteiger partial charge in [-0.3, -0.25) is 0 Å². The molecule has 1 aromatic heterocycles. The molecule has 0 amide bonds. The third-order valence-electron chi connectivity index (χ3n) is 1.53. The standard InChI is InChI=1S/C7H11N3O2/c1-7(2,3)9-5-8-4-6(9)10(11)12/h4-5H,1-3H3. The Morgan fingerprint density at radius 1 is 1.58 bits per heavy atom. The highest BCUT2D eigenvalue weighted by Crippen LogP contribution is 2.21. The van der Waals surface area contributed by atoms with Gasteiger partial charge in [0, 0.05) is 0 Å². The predicted molar refractivity (Wildman–Crippen MR) is 43.9 cm³/mol. The Bertz CT molecular complexity index is 298. The monoisotopic (exact) mass is 169 g/mol. The Labute approximate surface area is 70.2 Å². The molecule has 0 N–H and O–H groups in total. The van der Waals surface area contributed by atoms with Crippen LogP contribution in [0.5, 0.6) is 0 Å². The van der Waals surface area contributed by atoms with Crippen molar-refractivity contribution < 1.29 is 4.92 Å². The Morgan fingerprint density at radius 3 is 2.50 bits per heavy atom. The van der Waals surface area contributed by atoms with Gasteiger partial charge in [0.25, 0.3) is 0 Å². The zero-order chi connectivity index (χ0) is 9.35. The van der Waals surface area contributed by atoms with Crippen molar-refractivity contribution in [3.05, 3.63) is 22.6 Å². The maximum Gasteiger partial charge on any atom is 0.343 e. The summed E-state index contributed by atoms with van der Waals surface area (Å²) in [6, 6.07) is 0. The molecule has 0 aliphatic rings. The number of hydrogen-bond acceptors (Lipinski definition) is 3. The van der Waals surface area contributed by atoms with Gasteiger partial charge in [-0.25, -0.2) is 9.55 Å². The summed E-state index contributed by atoms with van der Waals surface area (Å²) >= 11 is 0. The molecule has 0 aliphatic heterocycles. The van der Waals surface area contributed by atoms with Gasteiger partial charge in [0.15, 0.2) is 6.33 Å². The molecule has 0 aliphatic carbocycles. The van der Waals surface area contributed by atoms with Crippen LogP contribution in [-0.4, -0.2) is 14.5 Å². The van der Waals surface area contributed by atoms with Crippen LogP contribution in [0.25, 0.3) is 0 Å². The summed E-state index contributed by atoms with van der Waals surface area (Å²) in [5.41, 5.74) is -0.293. The number of imidazole rings is 1. The van der Waals surface area contributed by atoms with E-state index in [1.807, 2.05) is 20.8 Å². The number of rotatable bonds is 1. The molecule has 0 bridgehead atoms. The van der Waals surface area contributed by atoms with Gasteiger partial charge in [0.1, 0.15) is 11.7 Å². The van der Waals surface area contributed by atoms with E-state index < -0.39 is 4.92 Å². The van der Waals surface area contributed by atoms with Crippen molar-refractivity contribution in [2.45, 2.75) is 26.3 Å². The Balaban J connectivity index is 3.17. The quantitative estimate of drug-likeness (QED) is 0.473. The normalized spacial score (nSPS) is 11.6. The first-order valence-corrected chi connectivity index (χ1v) is 3.60. The molecule has 0 saturated carbocycles. The first-order chi connectivity index (χ1) is 5.43. The van der Waals surface area contributed by atoms with Gasteiger partial charge in [-0.1, -0.05) is 0 Å². The van der Waals surface area contributed by atoms with Gasteiger partial charge in [-0.2, -0.15) is 0 Å². The average Bonchev–Trinajstić information content (AvgIpc) is 2.30. The van der Waals surface area contributed by atoms with Crippen LogP contribution in [0, 0.1) is 10.1 Å². The Morgan fingerprint density at radius 2 is 2.17 bits per heavy atom. The molecule has 1 heterocycles. The zero-order valence-corrected chi connectivity index (χ0v) is 7.31. The van der Waals surface area contributed by atoms with E-state index in [9.17, 15) is 10.1 Å². The average molecular weight is 169 g/mol. The first kappa shape index (κ1) is 8.70. The van der Waals surface area contributed by atoms with Crippen LogP contribution >= 0.6 is 0 Å². The van der Waals surface area contributed by atoms with E-state index in [1.165, 1.54) is 17.1 Å². The van der Waals surface area contributed by atoms with Crippen molar-refractivity contribution in [3.63, 3.8) is 0 Å². The van der Waals surface area contributed by atoms with Crippen molar-refractivity contribution >= 4 is 5.82 Å². The molecular weight excluding hydrogens is 158 g/mol. The lowest BCUT2D eigenvalue weighted by molar-refractivity contribution is -0.393. The van der Waals surface area contributed by atoms with Crippen LogP contribution in [0.4, 0.5) is 5.82 Å². The lowest BCUT2D eigenvalue weighted by atomic mass is 10.1. The summed E-state index contributed by atoms with van der Waals surface area (Å²) in [4.78, 5) is 13.8. The van der Waals surface area contributed by atoms with Crippen LogP contribution in [0.2, 0.25) is 0 Å². The highest BCUT2D eigenvalue weighted by atomic mass is 16.6. The number of nitro groups is 1. The van der Waals surface area contributed by atoms with Gasteiger partial charge in [0.05, 0.1) is 0 Å². The third-order valence-corrected chi connectivity index (χ3v) is 1.53. The molecule has 0 radical (unpaired) electrons. The fraction of sp³-hybridized carbons (Fsp3) is 0.571. The third kappa shape index (κ3) is 1.44. The number of nitrogens with zero attached hydrogens (tertiary/aromatic N) is 3. The highest BCUT2D eigenvalue weighted by molar-refractivity contribution is 5.16. The maximum atomic E-state index is 10.5. The van der Waals surface area contributed by atoms with Crippen LogP contribution in [-0.2, 0) is 5.54 Å². The summed E-state index contributed by atoms with van der Waals surface area (Å²) in [5.74, 6) is 0.0301. The Hall–Kier alpha value is -1.39. The molecule has 5 nitrogen and oxygen atoms in total. The number of aromatic nitrogens is 2. The minimum atomic E-state index is -0.432. The minimum Gasteiger partial charge on any atom is -0.358 e. The van der Waals surface area contributed by atoms with E-state index in [0.717, 1.165) is 0 Å². The van der Waals surface area contributed by atoms with Gasteiger partial charge in [0.2, 0.25) is 0 Å². The topological polar surface area (TPSA) is 61.0 Å². The second-order valence-corrected chi connectivity index (χ2v) is 3.55. The van der Waals surface area contributed by atoms with Crippen molar-refractivity contribution in [3.8, 4) is 0 Å². The second-order valence-electron chi connectivity index (χ2n) is 3.55. The molecule has 1 rings (SSSR count). The zero-order valence-electron chi connectivity index (χ0n) is 7.31. The van der Waals surface area contributed by atoms with E-state index in [4.69, 9.17) is 0 Å². The van der Waals surface area contributed by atoms with E-state index in [2.05, 4.69) is 4.98 Å². The van der Waals surface area contributed by atoms with Crippen molar-refractivity contribution in [1.29, 1.82) is 0 Å². The Kier molecular flexibility index (Phi) is 1.87. The molecule has 1 aromatic rings. The van der Waals surface area contributed by atoms with Gasteiger partial charge >= 0.3 is 5.82 Å². The number of hydrogen-bond donors (Lipinski definition) is 0. The molecule has 0 atom stereocenters. The molecule has 12 heavy (non-hydrogen) atoms. The molecule has 0 unspecified atom stereocenters. The van der Waals surface area contributed by atoms with Crippen molar-refractivity contribution in [2.75, 3.05) is 0 Å². The molecule has 0 fully saturated rings. The van der Waals surface area contributed by atoms with Gasteiger partial charge in [-0.15, -0.1) is 0 Å². The first-order valence-electron chi connectivity index (χ1n) is 3.60. The van der Waals surface area contributed by atoms with Gasteiger partial charge in [-0.05, 0) is 25.7 Å². The van der Waals surface area contributed by atoms with E-state index in [-0.39, 0.29) is 11.4 Å². The van der Waals surface area contributed by atoms with Crippen molar-refractivity contribution in [2.24, 2.45) is 0 Å². The molecule has 5 heteroatoms. The maximum absolute atomic E-state index is 10.5. The molecular formula is C7H11N3O2. The molecule has 0 aromatic carbocycles. The lowest BCUT2D eigenvalue weighted by Gasteiger charge is -2.15. The summed E-state index contributed by atoms with van der Waals surface area (Å²) < 4.78 is 1.53. The summed E-state index contributed by atoms with van der Waals surface area (Å²) in [7, 11) is 0. The summed E-state index contributed by atoms with van der Waals surface area (Å²) in [6.07, 6.45) is 2.73. The van der Waals surface area contributed by atoms with Crippen LogP contribution in [0.15, 0.2) is 12.5 Å². The SMILES string of the molecule is CC(C)(C)n1cncc1[N+](=O)[O-]. The van der Waals surface area contributed by atoms with Crippen LogP contribution in [0.3, 0.4) is 0 Å². The fourth-order valence-corrected chi connectivity index (χ4v) is 0.940. The van der Waals surface area contributed by atoms with Crippen LogP contribution < -0.4 is 0 Å². The predicted octanol–water partition coefficient (Wildman–Crippen LogP) is 1.55. The van der Waals surface area contributed by atoms with Gasteiger partial charge < -0.3 is 10.1 Å². The fourth-order valence-electron chi connectivity index (χ4n) is 0.940. The minimum absolute atomic E-state index is 0.0301.